The number of hydrogen-bond acceptors (Lipinski definition) is 6. The number of ketones is 1. The first-order valence-electron chi connectivity index (χ1n) is 7.91. The Kier molecular flexibility index (Phi) is 5.94. The number of ether oxygens (including phenoxy) is 1. The molecule has 1 aromatic carbocycles. The zero-order valence-electron chi connectivity index (χ0n) is 14.2. The molecule has 8 heteroatoms. The van der Waals surface area contributed by atoms with Gasteiger partial charge < -0.3 is 9.64 Å². The molecule has 0 saturated carbocycles. The first kappa shape index (κ1) is 19.1. The van der Waals surface area contributed by atoms with Gasteiger partial charge in [0.1, 0.15) is 6.04 Å². The molecule has 1 fully saturated rings. The molecule has 136 valence electrons. The van der Waals surface area contributed by atoms with Crippen molar-refractivity contribution in [2.75, 3.05) is 25.2 Å². The maximum Gasteiger partial charge on any atom is 0.329 e. The van der Waals surface area contributed by atoms with Gasteiger partial charge in [-0.15, -0.1) is 0 Å². The molecule has 25 heavy (non-hydrogen) atoms. The fourth-order valence-corrected chi connectivity index (χ4v) is 4.12. The average Bonchev–Trinajstić information content (AvgIpc) is 2.58. The van der Waals surface area contributed by atoms with Crippen molar-refractivity contribution in [2.45, 2.75) is 25.8 Å². The molecule has 1 aliphatic heterocycles. The number of nitrogens with zero attached hydrogens (tertiary/aromatic N) is 1. The van der Waals surface area contributed by atoms with Gasteiger partial charge >= 0.3 is 5.97 Å². The largest absolute Gasteiger partial charge is 0.467 e. The van der Waals surface area contributed by atoms with Crippen molar-refractivity contribution in [1.82, 2.24) is 4.90 Å². The number of rotatable bonds is 5. The number of benzene rings is 1. The van der Waals surface area contributed by atoms with Crippen LogP contribution in [0.5, 0.6) is 0 Å². The predicted octanol–water partition coefficient (Wildman–Crippen LogP) is 0.757. The second-order valence-electron chi connectivity index (χ2n) is 6.03. The van der Waals surface area contributed by atoms with Crippen LogP contribution in [0.1, 0.15) is 28.8 Å². The Bertz CT molecular complexity index is 769. The molecule has 1 aliphatic rings. The van der Waals surface area contributed by atoms with E-state index < -0.39 is 33.5 Å². The normalized spacial score (nSPS) is 19.3. The first-order valence-corrected chi connectivity index (χ1v) is 9.73. The van der Waals surface area contributed by atoms with Gasteiger partial charge in [-0.3, -0.25) is 9.59 Å². The van der Waals surface area contributed by atoms with E-state index in [2.05, 4.69) is 4.74 Å². The van der Waals surface area contributed by atoms with Crippen LogP contribution in [0, 0.1) is 6.92 Å². The smallest absolute Gasteiger partial charge is 0.329 e. The second-order valence-corrected chi connectivity index (χ2v) is 8.26. The molecule has 1 heterocycles. The number of carbonyl (C=O) groups excluding carboxylic acids is 3. The summed E-state index contributed by atoms with van der Waals surface area (Å²) < 4.78 is 28.1. The summed E-state index contributed by atoms with van der Waals surface area (Å²) in [4.78, 5) is 37.6. The zero-order valence-corrected chi connectivity index (χ0v) is 15.0. The number of methoxy groups -OCH3 is 1. The number of sulfone groups is 1. The first-order chi connectivity index (χ1) is 11.7. The van der Waals surface area contributed by atoms with Crippen LogP contribution in [0.4, 0.5) is 0 Å². The topological polar surface area (TPSA) is 97.8 Å². The Labute approximate surface area is 146 Å². The van der Waals surface area contributed by atoms with Gasteiger partial charge in [0.2, 0.25) is 5.91 Å². The standard InChI is InChI=1S/C17H21NO6S/c1-12-3-5-13(6-4-12)15(19)7-8-16(20)18-9-10-25(22,23)11-14(18)17(21)24-2/h3-6,14H,7-11H2,1-2H3/t14-/m0/s1. The molecule has 0 unspecified atom stereocenters. The molecule has 7 nitrogen and oxygen atoms in total. The molecule has 0 aliphatic carbocycles. The maximum atomic E-state index is 12.4. The number of Topliss-reactive ketones (excluding diaryl/α,β-unsaturated/α-hetero) is 1. The predicted molar refractivity (Wildman–Crippen MR) is 90.9 cm³/mol. The van der Waals surface area contributed by atoms with Crippen LogP contribution in [0.2, 0.25) is 0 Å². The summed E-state index contributed by atoms with van der Waals surface area (Å²) in [6, 6.07) is 5.89. The van der Waals surface area contributed by atoms with E-state index in [-0.39, 0.29) is 30.9 Å². The lowest BCUT2D eigenvalue weighted by atomic mass is 10.0. The molecule has 1 atom stereocenters. The number of amides is 1. The highest BCUT2D eigenvalue weighted by atomic mass is 32.2. The third-order valence-corrected chi connectivity index (χ3v) is 5.79. The van der Waals surface area contributed by atoms with Crippen LogP contribution in [0.3, 0.4) is 0 Å². The van der Waals surface area contributed by atoms with Gasteiger partial charge in [0.15, 0.2) is 15.6 Å². The van der Waals surface area contributed by atoms with Crippen molar-refractivity contribution in [3.63, 3.8) is 0 Å². The molecule has 0 radical (unpaired) electrons. The third-order valence-electron chi connectivity index (χ3n) is 4.16. The van der Waals surface area contributed by atoms with E-state index in [1.807, 2.05) is 19.1 Å². The minimum Gasteiger partial charge on any atom is -0.467 e. The molecule has 0 spiro atoms. The van der Waals surface area contributed by atoms with Crippen LogP contribution in [0.25, 0.3) is 0 Å². The zero-order chi connectivity index (χ0) is 18.6. The minimum atomic E-state index is -3.39. The molecule has 1 amide bonds. The number of carbonyl (C=O) groups is 3. The molecule has 0 N–H and O–H groups in total. The lowest BCUT2D eigenvalue weighted by Gasteiger charge is -2.33. The van der Waals surface area contributed by atoms with Gasteiger partial charge in [0.05, 0.1) is 18.6 Å². The van der Waals surface area contributed by atoms with E-state index in [4.69, 9.17) is 0 Å². The van der Waals surface area contributed by atoms with E-state index in [0.29, 0.717) is 5.56 Å². The Balaban J connectivity index is 2.02. The van der Waals surface area contributed by atoms with Gasteiger partial charge in [0.25, 0.3) is 0 Å². The number of aryl methyl sites for hydroxylation is 1. The summed E-state index contributed by atoms with van der Waals surface area (Å²) in [7, 11) is -2.25. The minimum absolute atomic E-state index is 0.000955. The molecular formula is C17H21NO6S. The van der Waals surface area contributed by atoms with Crippen LogP contribution in [-0.4, -0.2) is 62.2 Å². The van der Waals surface area contributed by atoms with Gasteiger partial charge in [-0.2, -0.15) is 0 Å². The average molecular weight is 367 g/mol. The van der Waals surface area contributed by atoms with Crippen LogP contribution in [-0.2, 0) is 24.2 Å². The van der Waals surface area contributed by atoms with E-state index in [1.165, 1.54) is 4.90 Å². The van der Waals surface area contributed by atoms with Gasteiger partial charge in [-0.1, -0.05) is 29.8 Å². The fourth-order valence-electron chi connectivity index (χ4n) is 2.68. The highest BCUT2D eigenvalue weighted by Gasteiger charge is 2.39. The van der Waals surface area contributed by atoms with Crippen molar-refractivity contribution in [1.29, 1.82) is 0 Å². The van der Waals surface area contributed by atoms with Crippen molar-refractivity contribution in [2.24, 2.45) is 0 Å². The van der Waals surface area contributed by atoms with Crippen molar-refractivity contribution < 1.29 is 27.5 Å². The SMILES string of the molecule is COC(=O)[C@@H]1CS(=O)(=O)CCN1C(=O)CCC(=O)c1ccc(C)cc1. The van der Waals surface area contributed by atoms with Crippen molar-refractivity contribution >= 4 is 27.5 Å². The van der Waals surface area contributed by atoms with Gasteiger partial charge in [-0.05, 0) is 6.92 Å². The molecule has 2 rings (SSSR count). The van der Waals surface area contributed by atoms with E-state index >= 15 is 0 Å². The van der Waals surface area contributed by atoms with E-state index in [1.54, 1.807) is 12.1 Å². The number of hydrogen-bond donors (Lipinski definition) is 0. The Morgan fingerprint density at radius 2 is 1.80 bits per heavy atom. The lowest BCUT2D eigenvalue weighted by molar-refractivity contribution is -0.152. The lowest BCUT2D eigenvalue weighted by Crippen LogP contribution is -2.55. The van der Waals surface area contributed by atoms with Crippen LogP contribution >= 0.6 is 0 Å². The molecular weight excluding hydrogens is 346 g/mol. The quantitative estimate of drug-likeness (QED) is 0.563. The Morgan fingerprint density at radius 1 is 1.16 bits per heavy atom. The Hall–Kier alpha value is -2.22. The summed E-state index contributed by atoms with van der Waals surface area (Å²) in [6.07, 6.45) is -0.0840. The number of esters is 1. The van der Waals surface area contributed by atoms with E-state index in [9.17, 15) is 22.8 Å². The van der Waals surface area contributed by atoms with Crippen LogP contribution < -0.4 is 0 Å². The summed E-state index contributed by atoms with van der Waals surface area (Å²) >= 11 is 0. The summed E-state index contributed by atoms with van der Waals surface area (Å²) in [5, 5.41) is 0. The summed E-state index contributed by atoms with van der Waals surface area (Å²) in [5.74, 6) is -2.00. The highest BCUT2D eigenvalue weighted by Crippen LogP contribution is 2.16. The summed E-state index contributed by atoms with van der Waals surface area (Å²) in [6.45, 7) is 1.84. The summed E-state index contributed by atoms with van der Waals surface area (Å²) in [5.41, 5.74) is 1.55. The van der Waals surface area contributed by atoms with Gasteiger partial charge in [-0.25, -0.2) is 13.2 Å². The highest BCUT2D eigenvalue weighted by molar-refractivity contribution is 7.91. The molecule has 0 aromatic heterocycles. The monoisotopic (exact) mass is 367 g/mol. The molecule has 1 aromatic rings. The fraction of sp³-hybridized carbons (Fsp3) is 0.471. The van der Waals surface area contributed by atoms with Crippen LogP contribution in [0.15, 0.2) is 24.3 Å². The third kappa shape index (κ3) is 4.88. The molecule has 0 bridgehead atoms. The van der Waals surface area contributed by atoms with E-state index in [0.717, 1.165) is 12.7 Å². The molecule has 1 saturated heterocycles. The Morgan fingerprint density at radius 3 is 2.40 bits per heavy atom. The maximum absolute atomic E-state index is 12.4. The van der Waals surface area contributed by atoms with Crippen molar-refractivity contribution in [3.05, 3.63) is 35.4 Å². The second kappa shape index (κ2) is 7.77. The van der Waals surface area contributed by atoms with Gasteiger partial charge in [0, 0.05) is 24.9 Å². The van der Waals surface area contributed by atoms with Crippen molar-refractivity contribution in [3.8, 4) is 0 Å².